The fraction of sp³-hybridized carbons (Fsp3) is 0.800. The van der Waals surface area contributed by atoms with Crippen molar-refractivity contribution >= 4 is 5.97 Å². The topological polar surface area (TPSA) is 46.5 Å². The van der Waals surface area contributed by atoms with Crippen molar-refractivity contribution in [3.8, 4) is 0 Å². The summed E-state index contributed by atoms with van der Waals surface area (Å²) in [6, 6.07) is 0. The van der Waals surface area contributed by atoms with Crippen LogP contribution in [0.3, 0.4) is 0 Å². The molecule has 0 aliphatic carbocycles. The molecule has 0 aliphatic heterocycles. The van der Waals surface area contributed by atoms with E-state index in [1.165, 1.54) is 6.92 Å². The predicted molar refractivity (Wildman–Crippen MR) is 28.3 cm³/mol. The molecule has 1 unspecified atom stereocenters. The summed E-state index contributed by atoms with van der Waals surface area (Å²) in [5.41, 5.74) is 0. The van der Waals surface area contributed by atoms with Crippen molar-refractivity contribution in [3.05, 3.63) is 0 Å². The molecule has 0 heterocycles. The molecule has 0 saturated heterocycles. The van der Waals surface area contributed by atoms with Crippen LogP contribution in [0.1, 0.15) is 19.3 Å². The van der Waals surface area contributed by atoms with Gasteiger partial charge >= 0.3 is 5.97 Å². The molecule has 0 fully saturated rings. The number of carbonyl (C=O) groups is 1. The van der Waals surface area contributed by atoms with Crippen LogP contribution in [0.2, 0.25) is 0 Å². The molecular formula is C5H10O3. The van der Waals surface area contributed by atoms with E-state index in [2.05, 4.69) is 9.85 Å². The average molecular weight is 123 g/mol. The first-order valence-corrected chi connectivity index (χ1v) is 2.11. The van der Waals surface area contributed by atoms with Crippen molar-refractivity contribution in [1.82, 2.24) is 0 Å². The Balaban J connectivity index is 4.73. The number of rotatable bonds is 3. The standard InChI is InChI=1S/C5H10O3/c1-3-8-5(7)4(2)6/h4,6H,3H2,1-2H3/i2D3,4D,6D. The van der Waals surface area contributed by atoms with E-state index in [9.17, 15) is 4.79 Å². The van der Waals surface area contributed by atoms with Crippen LogP contribution in [0.5, 0.6) is 0 Å². The Morgan fingerprint density at radius 1 is 2.38 bits per heavy atom. The Morgan fingerprint density at radius 2 is 3.12 bits per heavy atom. The van der Waals surface area contributed by atoms with E-state index in [0.29, 0.717) is 0 Å². The van der Waals surface area contributed by atoms with Crippen molar-refractivity contribution in [2.75, 3.05) is 6.61 Å². The van der Waals surface area contributed by atoms with E-state index in [-0.39, 0.29) is 6.61 Å². The molecule has 0 amide bonds. The van der Waals surface area contributed by atoms with Gasteiger partial charge in [-0.1, -0.05) is 0 Å². The quantitative estimate of drug-likeness (QED) is 0.534. The van der Waals surface area contributed by atoms with Crippen molar-refractivity contribution in [1.29, 1.82) is 1.43 Å². The molecule has 8 heavy (non-hydrogen) atoms. The molecule has 3 heteroatoms. The Labute approximate surface area is 55.4 Å². The van der Waals surface area contributed by atoms with Gasteiger partial charge in [0.25, 0.3) is 0 Å². The lowest BCUT2D eigenvalue weighted by Gasteiger charge is -2.01. The van der Waals surface area contributed by atoms with Gasteiger partial charge in [0, 0.05) is 4.11 Å². The van der Waals surface area contributed by atoms with Gasteiger partial charge in [0.1, 0.15) is 6.08 Å². The Morgan fingerprint density at radius 3 is 3.50 bits per heavy atom. The summed E-state index contributed by atoms with van der Waals surface area (Å²) in [5.74, 6) is -1.38. The summed E-state index contributed by atoms with van der Waals surface area (Å²) >= 11 is 0. The maximum absolute atomic E-state index is 10.9. The SMILES string of the molecule is [2H]OC([2H])(C(=O)OCC)C([2H])([2H])[2H]. The van der Waals surface area contributed by atoms with Gasteiger partial charge in [-0.3, -0.25) is 0 Å². The summed E-state index contributed by atoms with van der Waals surface area (Å²) in [6.45, 7) is -1.65. The van der Waals surface area contributed by atoms with Gasteiger partial charge in [0.2, 0.25) is 1.43 Å². The minimum atomic E-state index is -3.04. The first-order chi connectivity index (χ1) is 5.79. The molecule has 0 aliphatic rings. The molecule has 0 aromatic heterocycles. The third-order valence-corrected chi connectivity index (χ3v) is 0.461. The zero-order valence-electron chi connectivity index (χ0n) is 9.43. The second-order valence-corrected chi connectivity index (χ2v) is 1.05. The van der Waals surface area contributed by atoms with Crippen molar-refractivity contribution in [2.24, 2.45) is 0 Å². The van der Waals surface area contributed by atoms with Crippen LogP contribution >= 0.6 is 0 Å². The fourth-order valence-electron chi connectivity index (χ4n) is 0.197. The van der Waals surface area contributed by atoms with Crippen LogP contribution < -0.4 is 0 Å². The lowest BCUT2D eigenvalue weighted by Crippen LogP contribution is -2.18. The van der Waals surface area contributed by atoms with Crippen LogP contribution in [0.15, 0.2) is 0 Å². The third-order valence-electron chi connectivity index (χ3n) is 0.461. The van der Waals surface area contributed by atoms with Crippen LogP contribution in [0.25, 0.3) is 0 Å². The second-order valence-electron chi connectivity index (χ2n) is 1.05. The molecule has 0 bridgehead atoms. The second kappa shape index (κ2) is 3.43. The van der Waals surface area contributed by atoms with Gasteiger partial charge in [0.05, 0.1) is 7.98 Å². The molecule has 0 rings (SSSR count). The van der Waals surface area contributed by atoms with Gasteiger partial charge in [-0.2, -0.15) is 0 Å². The molecule has 48 valence electrons. The van der Waals surface area contributed by atoms with Gasteiger partial charge in [-0.15, -0.1) is 0 Å². The first kappa shape index (κ1) is 2.35. The summed E-state index contributed by atoms with van der Waals surface area (Å²) in [7, 11) is 0. The van der Waals surface area contributed by atoms with Crippen LogP contribution in [0, 0.1) is 0 Å². The third kappa shape index (κ3) is 2.58. The lowest BCUT2D eigenvalue weighted by molar-refractivity contribution is -0.151. The lowest BCUT2D eigenvalue weighted by atomic mass is 10.4. The monoisotopic (exact) mass is 123 g/mol. The smallest absolute Gasteiger partial charge is 0.334 e. The number of aliphatic hydroxyl groups is 1. The van der Waals surface area contributed by atoms with Crippen LogP contribution in [-0.2, 0) is 9.53 Å². The van der Waals surface area contributed by atoms with Gasteiger partial charge < -0.3 is 9.85 Å². The number of carbonyl (C=O) groups excluding carboxylic acids is 1. The number of hydrogen-bond acceptors (Lipinski definition) is 3. The van der Waals surface area contributed by atoms with E-state index >= 15 is 0 Å². The molecule has 3 nitrogen and oxygen atoms in total. The minimum absolute atomic E-state index is 0.0705. The highest BCUT2D eigenvalue weighted by Gasteiger charge is 2.07. The van der Waals surface area contributed by atoms with Gasteiger partial charge in [0.15, 0.2) is 0 Å². The average Bonchev–Trinajstić information content (AvgIpc) is 2.01. The predicted octanol–water partition coefficient (Wildman–Crippen LogP) is -0.0697. The van der Waals surface area contributed by atoms with Crippen molar-refractivity contribution in [2.45, 2.75) is 19.9 Å². The molecule has 0 aromatic carbocycles. The highest BCUT2D eigenvalue weighted by atomic mass is 16.5. The molecule has 0 radical (unpaired) electrons. The Hall–Kier alpha value is -0.570. The Bertz CT molecular complexity index is 191. The molecular weight excluding hydrogens is 108 g/mol. The zero-order chi connectivity index (χ0) is 10.7. The highest BCUT2D eigenvalue weighted by molar-refractivity contribution is 5.73. The molecule has 1 N–H and O–H groups in total. The van der Waals surface area contributed by atoms with E-state index in [1.54, 1.807) is 0 Å². The van der Waals surface area contributed by atoms with E-state index in [1.807, 2.05) is 0 Å². The zero-order valence-corrected chi connectivity index (χ0v) is 4.43. The molecule has 1 atom stereocenters. The van der Waals surface area contributed by atoms with E-state index in [0.717, 1.165) is 0 Å². The van der Waals surface area contributed by atoms with Gasteiger partial charge in [-0.05, 0) is 13.8 Å². The van der Waals surface area contributed by atoms with Crippen LogP contribution in [0.4, 0.5) is 0 Å². The summed E-state index contributed by atoms with van der Waals surface area (Å²) in [5, 5.41) is 3.60. The van der Waals surface area contributed by atoms with Crippen molar-refractivity contribution in [3.63, 3.8) is 0 Å². The first-order valence-electron chi connectivity index (χ1n) is 4.52. The summed E-state index contributed by atoms with van der Waals surface area (Å²) in [4.78, 5) is 10.9. The van der Waals surface area contributed by atoms with Gasteiger partial charge in [-0.25, -0.2) is 4.79 Å². The largest absolute Gasteiger partial charge is 0.464 e. The maximum atomic E-state index is 10.9. The fourth-order valence-corrected chi connectivity index (χ4v) is 0.197. The molecule has 0 saturated carbocycles. The normalized spacial score (nSPS) is 27.4. The number of esters is 1. The van der Waals surface area contributed by atoms with Crippen LogP contribution in [-0.4, -0.2) is 25.2 Å². The Kier molecular flexibility index (Phi) is 1.01. The maximum Gasteiger partial charge on any atom is 0.334 e. The minimum Gasteiger partial charge on any atom is -0.464 e. The summed E-state index contributed by atoms with van der Waals surface area (Å²) < 4.78 is 38.1. The number of ether oxygens (including phenoxy) is 1. The van der Waals surface area contributed by atoms with E-state index in [4.69, 9.17) is 6.91 Å². The summed E-state index contributed by atoms with van der Waals surface area (Å²) in [6.07, 6.45) is -2.96. The molecule has 0 spiro atoms. The number of hydrogen-bond donors (Lipinski definition) is 1. The molecule has 0 aromatic rings. The van der Waals surface area contributed by atoms with Crippen molar-refractivity contribution < 1.29 is 20.1 Å². The van der Waals surface area contributed by atoms with E-state index < -0.39 is 18.9 Å². The highest BCUT2D eigenvalue weighted by Crippen LogP contribution is 1.84.